The molecule has 0 saturated heterocycles. The summed E-state index contributed by atoms with van der Waals surface area (Å²) in [5, 5.41) is 14.0. The summed E-state index contributed by atoms with van der Waals surface area (Å²) in [6.45, 7) is 0. The van der Waals surface area contributed by atoms with Crippen LogP contribution in [-0.2, 0) is 5.75 Å². The number of benzene rings is 1. The van der Waals surface area contributed by atoms with Crippen LogP contribution in [0.3, 0.4) is 0 Å². The maximum Gasteiger partial charge on any atom is 0.226 e. The number of thioether (sulfide) groups is 1. The second-order valence-corrected chi connectivity index (χ2v) is 5.13. The van der Waals surface area contributed by atoms with Gasteiger partial charge in [0.25, 0.3) is 0 Å². The molecule has 0 bridgehead atoms. The second-order valence-electron chi connectivity index (χ2n) is 4.19. The number of para-hydroxylation sites is 1. The molecule has 0 aliphatic heterocycles. The summed E-state index contributed by atoms with van der Waals surface area (Å²) >= 11 is 1.35. The Morgan fingerprint density at radius 2 is 2.10 bits per heavy atom. The molecule has 7 heteroatoms. The van der Waals surface area contributed by atoms with E-state index in [2.05, 4.69) is 10.1 Å². The fraction of sp³-hybridized carbons (Fsp3) is 0.0714. The van der Waals surface area contributed by atoms with Crippen LogP contribution in [0.25, 0.3) is 5.69 Å². The fourth-order valence-electron chi connectivity index (χ4n) is 1.67. The normalized spacial score (nSPS) is 10.7. The van der Waals surface area contributed by atoms with Gasteiger partial charge in [0.1, 0.15) is 18.4 Å². The molecule has 21 heavy (non-hydrogen) atoms. The molecule has 3 aromatic rings. The molecule has 0 aliphatic rings. The van der Waals surface area contributed by atoms with Gasteiger partial charge in [0.05, 0.1) is 11.4 Å². The van der Waals surface area contributed by atoms with E-state index in [1.54, 1.807) is 11.0 Å². The zero-order valence-electron chi connectivity index (χ0n) is 10.8. The Hall–Kier alpha value is -2.54. The molecule has 0 fully saturated rings. The molecule has 0 unspecified atom stereocenters. The fourth-order valence-corrected chi connectivity index (χ4v) is 2.36. The van der Waals surface area contributed by atoms with Crippen molar-refractivity contribution in [1.29, 1.82) is 0 Å². The Labute approximate surface area is 124 Å². The van der Waals surface area contributed by atoms with Gasteiger partial charge in [-0.1, -0.05) is 30.0 Å². The molecule has 1 N–H and O–H groups in total. The van der Waals surface area contributed by atoms with Crippen LogP contribution in [-0.4, -0.2) is 19.9 Å². The van der Waals surface area contributed by atoms with E-state index in [-0.39, 0.29) is 0 Å². The van der Waals surface area contributed by atoms with E-state index < -0.39 is 11.2 Å². The zero-order valence-corrected chi connectivity index (χ0v) is 11.7. The average Bonchev–Trinajstić information content (AvgIpc) is 2.98. The molecule has 0 saturated carbocycles. The summed E-state index contributed by atoms with van der Waals surface area (Å²) < 4.78 is 6.79. The third kappa shape index (κ3) is 3.14. The van der Waals surface area contributed by atoms with E-state index in [1.165, 1.54) is 17.8 Å². The van der Waals surface area contributed by atoms with Crippen LogP contribution in [0, 0.1) is 0 Å². The summed E-state index contributed by atoms with van der Waals surface area (Å²) in [5.74, 6) is 0.475. The Bertz CT molecular complexity index is 798. The van der Waals surface area contributed by atoms with E-state index >= 15 is 0 Å². The highest BCUT2D eigenvalue weighted by Gasteiger charge is 2.06. The lowest BCUT2D eigenvalue weighted by Crippen LogP contribution is -1.99. The molecule has 2 heterocycles. The highest BCUT2D eigenvalue weighted by molar-refractivity contribution is 7.98. The molecule has 0 spiro atoms. The van der Waals surface area contributed by atoms with Crippen LogP contribution >= 0.6 is 11.8 Å². The SMILES string of the molecule is O=c1cc(CSc2ncn(-c3ccccc3)n2)occ1O. The average molecular weight is 301 g/mol. The van der Waals surface area contributed by atoms with Crippen molar-refractivity contribution in [2.75, 3.05) is 0 Å². The molecular weight excluding hydrogens is 290 g/mol. The van der Waals surface area contributed by atoms with E-state index in [1.807, 2.05) is 30.3 Å². The first kappa shape index (κ1) is 13.4. The van der Waals surface area contributed by atoms with Crippen LogP contribution in [0.15, 0.2) is 63.4 Å². The number of rotatable bonds is 4. The third-order valence-corrected chi connectivity index (χ3v) is 3.58. The molecule has 0 amide bonds. The smallest absolute Gasteiger partial charge is 0.226 e. The summed E-state index contributed by atoms with van der Waals surface area (Å²) in [5.41, 5.74) is 0.465. The van der Waals surface area contributed by atoms with Gasteiger partial charge in [-0.3, -0.25) is 4.79 Å². The van der Waals surface area contributed by atoms with Crippen molar-refractivity contribution in [2.24, 2.45) is 0 Å². The van der Waals surface area contributed by atoms with Gasteiger partial charge in [-0.05, 0) is 12.1 Å². The molecule has 106 valence electrons. The van der Waals surface area contributed by atoms with Gasteiger partial charge in [-0.2, -0.15) is 0 Å². The number of aromatic hydroxyl groups is 1. The molecule has 0 atom stereocenters. The standard InChI is InChI=1S/C14H11N3O3S/c18-12-6-11(20-7-13(12)19)8-21-14-15-9-17(16-14)10-4-2-1-3-5-10/h1-7,9,19H,8H2. The van der Waals surface area contributed by atoms with Crippen molar-refractivity contribution in [3.05, 3.63) is 65.0 Å². The van der Waals surface area contributed by atoms with Crippen molar-refractivity contribution in [1.82, 2.24) is 14.8 Å². The number of hydrogen-bond donors (Lipinski definition) is 1. The predicted octanol–water partition coefficient (Wildman–Crippen LogP) is 2.22. The largest absolute Gasteiger partial charge is 0.502 e. The van der Waals surface area contributed by atoms with Crippen LogP contribution in [0.2, 0.25) is 0 Å². The first-order valence-corrected chi connectivity index (χ1v) is 7.11. The molecule has 6 nitrogen and oxygen atoms in total. The Morgan fingerprint density at radius 3 is 2.86 bits per heavy atom. The van der Waals surface area contributed by atoms with Gasteiger partial charge in [0, 0.05) is 6.07 Å². The first-order valence-electron chi connectivity index (χ1n) is 6.13. The van der Waals surface area contributed by atoms with Crippen LogP contribution < -0.4 is 5.43 Å². The van der Waals surface area contributed by atoms with Crippen molar-refractivity contribution < 1.29 is 9.52 Å². The Balaban J connectivity index is 1.70. The summed E-state index contributed by atoms with van der Waals surface area (Å²) in [6, 6.07) is 10.9. The zero-order chi connectivity index (χ0) is 14.7. The first-order chi connectivity index (χ1) is 10.2. The topological polar surface area (TPSA) is 81.2 Å². The molecule has 1 aromatic carbocycles. The van der Waals surface area contributed by atoms with E-state index in [4.69, 9.17) is 9.52 Å². The van der Waals surface area contributed by atoms with Crippen molar-refractivity contribution in [3.8, 4) is 11.4 Å². The Morgan fingerprint density at radius 1 is 1.29 bits per heavy atom. The molecule has 0 radical (unpaired) electrons. The highest BCUT2D eigenvalue weighted by atomic mass is 32.2. The van der Waals surface area contributed by atoms with Crippen LogP contribution in [0.4, 0.5) is 0 Å². The van der Waals surface area contributed by atoms with Gasteiger partial charge in [0.15, 0.2) is 5.75 Å². The van der Waals surface area contributed by atoms with Crippen molar-refractivity contribution >= 4 is 11.8 Å². The summed E-state index contributed by atoms with van der Waals surface area (Å²) in [6.07, 6.45) is 2.67. The third-order valence-electron chi connectivity index (χ3n) is 2.70. The lowest BCUT2D eigenvalue weighted by atomic mass is 10.3. The maximum absolute atomic E-state index is 11.3. The predicted molar refractivity (Wildman–Crippen MR) is 77.6 cm³/mol. The van der Waals surface area contributed by atoms with Gasteiger partial charge in [-0.25, -0.2) is 9.67 Å². The number of hydrogen-bond acceptors (Lipinski definition) is 6. The van der Waals surface area contributed by atoms with E-state index in [0.29, 0.717) is 16.7 Å². The summed E-state index contributed by atoms with van der Waals surface area (Å²) in [7, 11) is 0. The van der Waals surface area contributed by atoms with E-state index in [0.717, 1.165) is 12.0 Å². The quantitative estimate of drug-likeness (QED) is 0.744. The summed E-state index contributed by atoms with van der Waals surface area (Å²) in [4.78, 5) is 15.5. The molecule has 3 rings (SSSR count). The highest BCUT2D eigenvalue weighted by Crippen LogP contribution is 2.19. The Kier molecular flexibility index (Phi) is 3.74. The lowest BCUT2D eigenvalue weighted by molar-refractivity contribution is 0.419. The molecular formula is C14H11N3O3S. The van der Waals surface area contributed by atoms with Crippen LogP contribution in [0.5, 0.6) is 5.75 Å². The van der Waals surface area contributed by atoms with Gasteiger partial charge in [0.2, 0.25) is 10.6 Å². The second kappa shape index (κ2) is 5.84. The van der Waals surface area contributed by atoms with E-state index in [9.17, 15) is 4.79 Å². The van der Waals surface area contributed by atoms with Crippen LogP contribution in [0.1, 0.15) is 5.76 Å². The minimum atomic E-state index is -0.459. The van der Waals surface area contributed by atoms with Crippen molar-refractivity contribution in [2.45, 2.75) is 10.9 Å². The minimum absolute atomic E-state index is 0.393. The van der Waals surface area contributed by atoms with Crippen molar-refractivity contribution in [3.63, 3.8) is 0 Å². The van der Waals surface area contributed by atoms with Gasteiger partial charge >= 0.3 is 0 Å². The number of nitrogens with zero attached hydrogens (tertiary/aromatic N) is 3. The molecule has 0 aliphatic carbocycles. The van der Waals surface area contributed by atoms with Gasteiger partial charge < -0.3 is 9.52 Å². The lowest BCUT2D eigenvalue weighted by Gasteiger charge is -1.99. The monoisotopic (exact) mass is 301 g/mol. The maximum atomic E-state index is 11.3. The molecule has 2 aromatic heterocycles. The van der Waals surface area contributed by atoms with Gasteiger partial charge in [-0.15, -0.1) is 5.10 Å². The number of aromatic nitrogens is 3. The minimum Gasteiger partial charge on any atom is -0.502 e.